The Kier molecular flexibility index (Phi) is 7.97. The number of carboxylic acids is 1. The predicted octanol–water partition coefficient (Wildman–Crippen LogP) is 4.70. The molecule has 0 saturated carbocycles. The third-order valence-corrected chi connectivity index (χ3v) is 6.31. The van der Waals surface area contributed by atoms with Crippen LogP contribution in [0.4, 0.5) is 4.79 Å². The average molecular weight is 467 g/mol. The Morgan fingerprint density at radius 2 is 1.56 bits per heavy atom. The number of benzene rings is 2. The first-order valence-corrected chi connectivity index (χ1v) is 11.7. The first kappa shape index (κ1) is 25.3. The molecule has 34 heavy (non-hydrogen) atoms. The molecule has 0 aliphatic heterocycles. The molecule has 1 aliphatic rings. The van der Waals surface area contributed by atoms with E-state index in [2.05, 4.69) is 34.9 Å². The van der Waals surface area contributed by atoms with Gasteiger partial charge in [0.15, 0.2) is 0 Å². The Balaban J connectivity index is 1.52. The van der Waals surface area contributed by atoms with Gasteiger partial charge in [0.25, 0.3) is 0 Å². The fourth-order valence-corrected chi connectivity index (χ4v) is 4.32. The van der Waals surface area contributed by atoms with Crippen LogP contribution in [-0.2, 0) is 14.3 Å². The third kappa shape index (κ3) is 6.37. The fraction of sp³-hybridized carbons (Fsp3) is 0.444. The standard InChI is InChI=1S/C27H34N2O5/c1-17(2)23(15-25(31)32)28-24(30)13-14-27(3,4)29-26(33)34-16-22-20-11-7-5-9-18(20)19-10-6-8-12-21(19)22/h5-12,17,22-23H,13-16H2,1-4H3,(H,28,30)(H,29,33)(H,31,32). The van der Waals surface area contributed by atoms with Crippen molar-refractivity contribution in [3.05, 3.63) is 59.7 Å². The van der Waals surface area contributed by atoms with Crippen molar-refractivity contribution < 1.29 is 24.2 Å². The molecule has 7 heteroatoms. The Morgan fingerprint density at radius 1 is 1.00 bits per heavy atom. The van der Waals surface area contributed by atoms with Crippen molar-refractivity contribution in [1.82, 2.24) is 10.6 Å². The molecule has 2 aromatic rings. The van der Waals surface area contributed by atoms with E-state index in [0.717, 1.165) is 11.1 Å². The molecule has 7 nitrogen and oxygen atoms in total. The summed E-state index contributed by atoms with van der Waals surface area (Å²) >= 11 is 0. The summed E-state index contributed by atoms with van der Waals surface area (Å²) in [7, 11) is 0. The lowest BCUT2D eigenvalue weighted by Crippen LogP contribution is -2.46. The number of alkyl carbamates (subject to hydrolysis) is 1. The van der Waals surface area contributed by atoms with Crippen LogP contribution in [0, 0.1) is 5.92 Å². The van der Waals surface area contributed by atoms with E-state index >= 15 is 0 Å². The number of amides is 2. The Labute approximate surface area is 200 Å². The normalized spacial score (nSPS) is 13.7. The second-order valence-corrected chi connectivity index (χ2v) is 9.85. The van der Waals surface area contributed by atoms with E-state index in [0.29, 0.717) is 6.42 Å². The number of carbonyl (C=O) groups is 3. The zero-order valence-corrected chi connectivity index (χ0v) is 20.3. The lowest BCUT2D eigenvalue weighted by atomic mass is 9.97. The summed E-state index contributed by atoms with van der Waals surface area (Å²) in [5.41, 5.74) is 3.96. The topological polar surface area (TPSA) is 105 Å². The van der Waals surface area contributed by atoms with E-state index in [-0.39, 0.29) is 37.2 Å². The Hall–Kier alpha value is -3.35. The number of hydrogen-bond donors (Lipinski definition) is 3. The van der Waals surface area contributed by atoms with Gasteiger partial charge in [0.05, 0.1) is 6.42 Å². The summed E-state index contributed by atoms with van der Waals surface area (Å²) in [6.07, 6.45) is -0.0937. The predicted molar refractivity (Wildman–Crippen MR) is 131 cm³/mol. The number of nitrogens with one attached hydrogen (secondary N) is 2. The van der Waals surface area contributed by atoms with Gasteiger partial charge < -0.3 is 20.5 Å². The van der Waals surface area contributed by atoms with Gasteiger partial charge in [-0.25, -0.2) is 4.79 Å². The maximum Gasteiger partial charge on any atom is 0.407 e. The maximum absolute atomic E-state index is 12.6. The van der Waals surface area contributed by atoms with Crippen LogP contribution in [-0.4, -0.2) is 41.3 Å². The zero-order valence-electron chi connectivity index (χ0n) is 20.3. The van der Waals surface area contributed by atoms with Crippen molar-refractivity contribution in [2.75, 3.05) is 6.61 Å². The second kappa shape index (κ2) is 10.7. The molecule has 1 atom stereocenters. The molecular weight excluding hydrogens is 432 g/mol. The second-order valence-electron chi connectivity index (χ2n) is 9.85. The molecule has 0 fully saturated rings. The molecule has 0 saturated heterocycles. The van der Waals surface area contributed by atoms with E-state index in [1.54, 1.807) is 0 Å². The molecule has 3 rings (SSSR count). The Morgan fingerprint density at radius 3 is 2.09 bits per heavy atom. The molecule has 2 amide bonds. The largest absolute Gasteiger partial charge is 0.481 e. The molecular formula is C27H34N2O5. The summed E-state index contributed by atoms with van der Waals surface area (Å²) in [5, 5.41) is 14.7. The van der Waals surface area contributed by atoms with Crippen LogP contribution in [0.2, 0.25) is 0 Å². The van der Waals surface area contributed by atoms with Crippen molar-refractivity contribution in [1.29, 1.82) is 0 Å². The van der Waals surface area contributed by atoms with Gasteiger partial charge in [0.1, 0.15) is 6.61 Å². The quantitative estimate of drug-likeness (QED) is 0.471. The summed E-state index contributed by atoms with van der Waals surface area (Å²) in [5.74, 6) is -1.19. The van der Waals surface area contributed by atoms with Crippen LogP contribution >= 0.6 is 0 Å². The first-order chi connectivity index (χ1) is 16.1. The molecule has 0 bridgehead atoms. The molecule has 0 aromatic heterocycles. The van der Waals surface area contributed by atoms with Gasteiger partial charge in [-0.05, 0) is 48.4 Å². The van der Waals surface area contributed by atoms with Gasteiger partial charge in [0, 0.05) is 23.9 Å². The van der Waals surface area contributed by atoms with Crippen LogP contribution in [0.3, 0.4) is 0 Å². The summed E-state index contributed by atoms with van der Waals surface area (Å²) in [6, 6.07) is 15.9. The minimum atomic E-state index is -0.948. The lowest BCUT2D eigenvalue weighted by molar-refractivity contribution is -0.138. The highest BCUT2D eigenvalue weighted by molar-refractivity contribution is 5.79. The molecule has 182 valence electrons. The van der Waals surface area contributed by atoms with Crippen molar-refractivity contribution in [2.45, 2.75) is 64.5 Å². The minimum Gasteiger partial charge on any atom is -0.481 e. The molecule has 1 aliphatic carbocycles. The minimum absolute atomic E-state index is 0.00649. The van der Waals surface area contributed by atoms with E-state index in [1.165, 1.54) is 11.1 Å². The lowest BCUT2D eigenvalue weighted by Gasteiger charge is -2.27. The average Bonchev–Trinajstić information content (AvgIpc) is 3.09. The summed E-state index contributed by atoms with van der Waals surface area (Å²) < 4.78 is 5.61. The van der Waals surface area contributed by atoms with E-state index < -0.39 is 23.6 Å². The summed E-state index contributed by atoms with van der Waals surface area (Å²) in [6.45, 7) is 7.63. The summed E-state index contributed by atoms with van der Waals surface area (Å²) in [4.78, 5) is 35.9. The Bertz CT molecular complexity index is 1000. The van der Waals surface area contributed by atoms with Crippen LogP contribution in [0.15, 0.2) is 48.5 Å². The highest BCUT2D eigenvalue weighted by atomic mass is 16.5. The number of rotatable bonds is 10. The van der Waals surface area contributed by atoms with Crippen LogP contribution in [0.25, 0.3) is 11.1 Å². The van der Waals surface area contributed by atoms with E-state index in [1.807, 2.05) is 52.0 Å². The van der Waals surface area contributed by atoms with Crippen molar-refractivity contribution in [3.63, 3.8) is 0 Å². The van der Waals surface area contributed by atoms with Crippen molar-refractivity contribution in [2.24, 2.45) is 5.92 Å². The maximum atomic E-state index is 12.6. The van der Waals surface area contributed by atoms with Gasteiger partial charge in [-0.3, -0.25) is 9.59 Å². The van der Waals surface area contributed by atoms with Crippen LogP contribution < -0.4 is 10.6 Å². The van der Waals surface area contributed by atoms with Crippen molar-refractivity contribution >= 4 is 18.0 Å². The molecule has 0 radical (unpaired) electrons. The number of carbonyl (C=O) groups excluding carboxylic acids is 2. The first-order valence-electron chi connectivity index (χ1n) is 11.7. The monoisotopic (exact) mass is 466 g/mol. The van der Waals surface area contributed by atoms with Gasteiger partial charge in [-0.15, -0.1) is 0 Å². The highest BCUT2D eigenvalue weighted by Gasteiger charge is 2.30. The van der Waals surface area contributed by atoms with Gasteiger partial charge in [-0.2, -0.15) is 0 Å². The molecule has 1 unspecified atom stereocenters. The van der Waals surface area contributed by atoms with Gasteiger partial charge in [0.2, 0.25) is 5.91 Å². The number of hydrogen-bond acceptors (Lipinski definition) is 4. The smallest absolute Gasteiger partial charge is 0.407 e. The number of fused-ring (bicyclic) bond motifs is 3. The SMILES string of the molecule is CC(C)C(CC(=O)O)NC(=O)CCC(C)(C)NC(=O)OCC1c2ccccc2-c2ccccc21. The number of carboxylic acid groups (broad SMARTS) is 1. The molecule has 0 spiro atoms. The van der Waals surface area contributed by atoms with Crippen LogP contribution in [0.1, 0.15) is 64.0 Å². The molecule has 3 N–H and O–H groups in total. The molecule has 2 aromatic carbocycles. The van der Waals surface area contributed by atoms with E-state index in [9.17, 15) is 14.4 Å². The number of aliphatic carboxylic acids is 1. The third-order valence-electron chi connectivity index (χ3n) is 6.31. The fourth-order valence-electron chi connectivity index (χ4n) is 4.32. The van der Waals surface area contributed by atoms with E-state index in [4.69, 9.17) is 9.84 Å². The van der Waals surface area contributed by atoms with Crippen molar-refractivity contribution in [3.8, 4) is 11.1 Å². The zero-order chi connectivity index (χ0) is 24.9. The molecule has 0 heterocycles. The highest BCUT2D eigenvalue weighted by Crippen LogP contribution is 2.44. The van der Waals surface area contributed by atoms with Crippen LogP contribution in [0.5, 0.6) is 0 Å². The van der Waals surface area contributed by atoms with Gasteiger partial charge >= 0.3 is 12.1 Å². The van der Waals surface area contributed by atoms with Gasteiger partial charge in [-0.1, -0.05) is 62.4 Å². The number of ether oxygens (including phenoxy) is 1.